The molecule has 2 atom stereocenters. The first kappa shape index (κ1) is 12.4. The van der Waals surface area contributed by atoms with Crippen LogP contribution in [0.2, 0.25) is 0 Å². The largest absolute Gasteiger partial charge is 0.481 e. The minimum absolute atomic E-state index is 0.0661. The number of aromatic nitrogens is 1. The molecule has 2 rings (SSSR count). The van der Waals surface area contributed by atoms with Crippen molar-refractivity contribution in [2.75, 3.05) is 18.0 Å². The lowest BCUT2D eigenvalue weighted by atomic mass is 9.99. The van der Waals surface area contributed by atoms with Gasteiger partial charge in [0.1, 0.15) is 11.9 Å². The van der Waals surface area contributed by atoms with Crippen LogP contribution in [0, 0.1) is 30.1 Å². The molecule has 1 aliphatic heterocycles. The molecule has 0 saturated carbocycles. The molecule has 5 nitrogen and oxygen atoms in total. The average molecular weight is 245 g/mol. The van der Waals surface area contributed by atoms with Crippen LogP contribution in [-0.4, -0.2) is 29.1 Å². The Morgan fingerprint density at radius 2 is 2.33 bits per heavy atom. The summed E-state index contributed by atoms with van der Waals surface area (Å²) in [6.07, 6.45) is 1.66. The highest BCUT2D eigenvalue weighted by atomic mass is 16.4. The number of carbonyl (C=O) groups is 1. The Morgan fingerprint density at radius 3 is 2.89 bits per heavy atom. The molecule has 18 heavy (non-hydrogen) atoms. The van der Waals surface area contributed by atoms with E-state index in [-0.39, 0.29) is 11.8 Å². The Balaban J connectivity index is 2.33. The third-order valence-corrected chi connectivity index (χ3v) is 3.48. The topological polar surface area (TPSA) is 77.2 Å². The Kier molecular flexibility index (Phi) is 3.19. The summed E-state index contributed by atoms with van der Waals surface area (Å²) in [5.74, 6) is -0.500. The number of carboxylic acid groups (broad SMARTS) is 1. The van der Waals surface area contributed by atoms with Crippen molar-refractivity contribution < 1.29 is 9.90 Å². The molecule has 0 unspecified atom stereocenters. The SMILES string of the molecule is Cc1ccnc(N2C[C@@H](C)[C@H](C(=O)O)C2)c1C#N. The third-order valence-electron chi connectivity index (χ3n) is 3.48. The van der Waals surface area contributed by atoms with Crippen molar-refractivity contribution in [1.29, 1.82) is 5.26 Å². The molecule has 0 spiro atoms. The quantitative estimate of drug-likeness (QED) is 0.852. The molecule has 5 heteroatoms. The number of carboxylic acids is 1. The molecule has 1 aromatic heterocycles. The van der Waals surface area contributed by atoms with Crippen molar-refractivity contribution in [2.24, 2.45) is 11.8 Å². The summed E-state index contributed by atoms with van der Waals surface area (Å²) in [4.78, 5) is 17.2. The van der Waals surface area contributed by atoms with Gasteiger partial charge in [-0.1, -0.05) is 6.92 Å². The van der Waals surface area contributed by atoms with E-state index in [1.54, 1.807) is 12.3 Å². The van der Waals surface area contributed by atoms with E-state index in [0.29, 0.717) is 24.5 Å². The van der Waals surface area contributed by atoms with E-state index in [9.17, 15) is 4.79 Å². The summed E-state index contributed by atoms with van der Waals surface area (Å²) >= 11 is 0. The summed E-state index contributed by atoms with van der Waals surface area (Å²) < 4.78 is 0. The van der Waals surface area contributed by atoms with Crippen molar-refractivity contribution in [3.63, 3.8) is 0 Å². The van der Waals surface area contributed by atoms with Crippen LogP contribution in [-0.2, 0) is 4.79 Å². The van der Waals surface area contributed by atoms with Gasteiger partial charge in [-0.3, -0.25) is 4.79 Å². The number of pyridine rings is 1. The predicted molar refractivity (Wildman–Crippen MR) is 66.2 cm³/mol. The molecule has 1 saturated heterocycles. The molecule has 0 amide bonds. The first-order valence-corrected chi connectivity index (χ1v) is 5.88. The first-order valence-electron chi connectivity index (χ1n) is 5.88. The van der Waals surface area contributed by atoms with E-state index < -0.39 is 5.97 Å². The number of hydrogen-bond donors (Lipinski definition) is 1. The lowest BCUT2D eigenvalue weighted by Gasteiger charge is -2.18. The summed E-state index contributed by atoms with van der Waals surface area (Å²) in [6.45, 7) is 4.82. The van der Waals surface area contributed by atoms with Crippen LogP contribution < -0.4 is 4.90 Å². The maximum Gasteiger partial charge on any atom is 0.308 e. The number of anilines is 1. The lowest BCUT2D eigenvalue weighted by Crippen LogP contribution is -2.24. The monoisotopic (exact) mass is 245 g/mol. The van der Waals surface area contributed by atoms with Crippen molar-refractivity contribution >= 4 is 11.8 Å². The second-order valence-corrected chi connectivity index (χ2v) is 4.77. The molecule has 0 aliphatic carbocycles. The summed E-state index contributed by atoms with van der Waals surface area (Å²) in [7, 11) is 0. The Morgan fingerprint density at radius 1 is 1.61 bits per heavy atom. The fraction of sp³-hybridized carbons (Fsp3) is 0.462. The molecular weight excluding hydrogens is 230 g/mol. The predicted octanol–water partition coefficient (Wildman–Crippen LogP) is 1.42. The third kappa shape index (κ3) is 2.02. The second kappa shape index (κ2) is 4.65. The minimum Gasteiger partial charge on any atom is -0.481 e. The number of rotatable bonds is 2. The van der Waals surface area contributed by atoms with Gasteiger partial charge in [-0.25, -0.2) is 4.98 Å². The fourth-order valence-electron chi connectivity index (χ4n) is 2.38. The molecular formula is C13H15N3O2. The highest BCUT2D eigenvalue weighted by Crippen LogP contribution is 2.29. The van der Waals surface area contributed by atoms with Gasteiger partial charge in [0.05, 0.1) is 11.5 Å². The highest BCUT2D eigenvalue weighted by Gasteiger charge is 2.36. The van der Waals surface area contributed by atoms with Gasteiger partial charge in [-0.05, 0) is 24.5 Å². The van der Waals surface area contributed by atoms with Crippen molar-refractivity contribution in [1.82, 2.24) is 4.98 Å². The first-order chi connectivity index (χ1) is 8.54. The van der Waals surface area contributed by atoms with Crippen molar-refractivity contribution in [3.8, 4) is 6.07 Å². The van der Waals surface area contributed by atoms with E-state index in [2.05, 4.69) is 11.1 Å². The van der Waals surface area contributed by atoms with Gasteiger partial charge in [-0.15, -0.1) is 0 Å². The Labute approximate surface area is 106 Å². The lowest BCUT2D eigenvalue weighted by molar-refractivity contribution is -0.142. The molecule has 2 heterocycles. The van der Waals surface area contributed by atoms with Crippen LogP contribution in [0.25, 0.3) is 0 Å². The molecule has 0 radical (unpaired) electrons. The molecule has 0 aromatic carbocycles. The van der Waals surface area contributed by atoms with Crippen LogP contribution in [0.1, 0.15) is 18.1 Å². The molecule has 94 valence electrons. The van der Waals surface area contributed by atoms with E-state index in [1.807, 2.05) is 18.7 Å². The second-order valence-electron chi connectivity index (χ2n) is 4.77. The minimum atomic E-state index is -0.781. The van der Waals surface area contributed by atoms with E-state index in [4.69, 9.17) is 10.4 Å². The van der Waals surface area contributed by atoms with Crippen LogP contribution >= 0.6 is 0 Å². The van der Waals surface area contributed by atoms with E-state index in [1.165, 1.54) is 0 Å². The Bertz CT molecular complexity index is 521. The summed E-state index contributed by atoms with van der Waals surface area (Å²) in [5.41, 5.74) is 1.41. The summed E-state index contributed by atoms with van der Waals surface area (Å²) in [5, 5.41) is 18.3. The van der Waals surface area contributed by atoms with Gasteiger partial charge in [0.2, 0.25) is 0 Å². The van der Waals surface area contributed by atoms with Gasteiger partial charge in [0, 0.05) is 19.3 Å². The van der Waals surface area contributed by atoms with Crippen LogP contribution in [0.5, 0.6) is 0 Å². The molecule has 1 N–H and O–H groups in total. The normalized spacial score (nSPS) is 22.8. The summed E-state index contributed by atoms with van der Waals surface area (Å²) in [6, 6.07) is 3.94. The molecule has 1 aliphatic rings. The molecule has 0 bridgehead atoms. The standard InChI is InChI=1S/C13H15N3O2/c1-8-3-4-15-12(10(8)5-14)16-6-9(2)11(7-16)13(17)18/h3-4,9,11H,6-7H2,1-2H3,(H,17,18)/t9-,11-/m1/s1. The molecule has 1 fully saturated rings. The van der Waals surface area contributed by atoms with E-state index in [0.717, 1.165) is 5.56 Å². The number of nitriles is 1. The number of nitrogens with zero attached hydrogens (tertiary/aromatic N) is 3. The van der Waals surface area contributed by atoms with Gasteiger partial charge < -0.3 is 10.0 Å². The maximum atomic E-state index is 11.1. The fourth-order valence-corrected chi connectivity index (χ4v) is 2.38. The van der Waals surface area contributed by atoms with Crippen LogP contribution in [0.3, 0.4) is 0 Å². The number of aliphatic carboxylic acids is 1. The van der Waals surface area contributed by atoms with E-state index >= 15 is 0 Å². The zero-order valence-electron chi connectivity index (χ0n) is 10.4. The van der Waals surface area contributed by atoms with Crippen molar-refractivity contribution in [2.45, 2.75) is 13.8 Å². The maximum absolute atomic E-state index is 11.1. The van der Waals surface area contributed by atoms with Gasteiger partial charge in [-0.2, -0.15) is 5.26 Å². The smallest absolute Gasteiger partial charge is 0.308 e. The van der Waals surface area contributed by atoms with Gasteiger partial charge in [0.25, 0.3) is 0 Å². The zero-order valence-corrected chi connectivity index (χ0v) is 10.4. The number of aryl methyl sites for hydroxylation is 1. The highest BCUT2D eigenvalue weighted by molar-refractivity contribution is 5.73. The zero-order chi connectivity index (χ0) is 13.3. The average Bonchev–Trinajstić information content (AvgIpc) is 2.71. The van der Waals surface area contributed by atoms with Crippen LogP contribution in [0.4, 0.5) is 5.82 Å². The Hall–Kier alpha value is -2.09. The molecule has 1 aromatic rings. The van der Waals surface area contributed by atoms with Crippen molar-refractivity contribution in [3.05, 3.63) is 23.4 Å². The van der Waals surface area contributed by atoms with Gasteiger partial charge in [0.15, 0.2) is 0 Å². The van der Waals surface area contributed by atoms with Crippen LogP contribution in [0.15, 0.2) is 12.3 Å². The van der Waals surface area contributed by atoms with Gasteiger partial charge >= 0.3 is 5.97 Å². The number of hydrogen-bond acceptors (Lipinski definition) is 4.